The highest BCUT2D eigenvalue weighted by Gasteiger charge is 2.16. The Balaban J connectivity index is 1.90. The van der Waals surface area contributed by atoms with Crippen LogP contribution >= 0.6 is 0 Å². The standard InChI is InChI=1S/C19H18N2O2/c1-13-10-11-17(18(22)20-13)19(23)21(2)12-15-8-5-7-14-6-3-4-9-16(14)15/h3-11H,12H2,1-2H3,(H,20,22). The normalized spacial score (nSPS) is 10.7. The van der Waals surface area contributed by atoms with E-state index in [4.69, 9.17) is 0 Å². The van der Waals surface area contributed by atoms with Crippen LogP contribution in [0.2, 0.25) is 0 Å². The third kappa shape index (κ3) is 3.01. The summed E-state index contributed by atoms with van der Waals surface area (Å²) in [6.45, 7) is 2.24. The highest BCUT2D eigenvalue weighted by molar-refractivity contribution is 5.94. The summed E-state index contributed by atoms with van der Waals surface area (Å²) < 4.78 is 0. The van der Waals surface area contributed by atoms with E-state index in [1.165, 1.54) is 0 Å². The number of nitrogens with zero attached hydrogens (tertiary/aromatic N) is 1. The molecule has 0 spiro atoms. The molecule has 1 heterocycles. The Morgan fingerprint density at radius 3 is 2.57 bits per heavy atom. The number of rotatable bonds is 3. The topological polar surface area (TPSA) is 53.2 Å². The lowest BCUT2D eigenvalue weighted by molar-refractivity contribution is 0.0784. The van der Waals surface area contributed by atoms with Crippen molar-refractivity contribution < 1.29 is 4.79 Å². The number of hydrogen-bond acceptors (Lipinski definition) is 2. The number of carbonyl (C=O) groups excluding carboxylic acids is 1. The first kappa shape index (κ1) is 15.0. The van der Waals surface area contributed by atoms with Crippen molar-refractivity contribution in [1.82, 2.24) is 9.88 Å². The predicted molar refractivity (Wildman–Crippen MR) is 91.5 cm³/mol. The summed E-state index contributed by atoms with van der Waals surface area (Å²) in [5.41, 5.74) is 1.61. The number of H-pyrrole nitrogens is 1. The summed E-state index contributed by atoms with van der Waals surface area (Å²) in [5, 5.41) is 2.26. The molecule has 0 radical (unpaired) electrons. The van der Waals surface area contributed by atoms with Crippen molar-refractivity contribution in [2.45, 2.75) is 13.5 Å². The molecule has 3 rings (SSSR count). The molecule has 116 valence electrons. The Labute approximate surface area is 134 Å². The molecular formula is C19H18N2O2. The molecule has 0 fully saturated rings. The van der Waals surface area contributed by atoms with Crippen LogP contribution in [0.25, 0.3) is 10.8 Å². The number of fused-ring (bicyclic) bond motifs is 1. The van der Waals surface area contributed by atoms with Gasteiger partial charge in [-0.15, -0.1) is 0 Å². The molecule has 1 N–H and O–H groups in total. The second kappa shape index (κ2) is 6.08. The maximum Gasteiger partial charge on any atom is 0.260 e. The van der Waals surface area contributed by atoms with Gasteiger partial charge in [-0.25, -0.2) is 0 Å². The van der Waals surface area contributed by atoms with E-state index in [1.807, 2.05) is 42.5 Å². The van der Waals surface area contributed by atoms with Crippen LogP contribution in [0, 0.1) is 6.92 Å². The van der Waals surface area contributed by atoms with Crippen LogP contribution < -0.4 is 5.56 Å². The van der Waals surface area contributed by atoms with Crippen molar-refractivity contribution in [3.05, 3.63) is 81.8 Å². The van der Waals surface area contributed by atoms with Gasteiger partial charge in [-0.3, -0.25) is 9.59 Å². The van der Waals surface area contributed by atoms with E-state index in [2.05, 4.69) is 4.98 Å². The molecular weight excluding hydrogens is 288 g/mol. The zero-order valence-electron chi connectivity index (χ0n) is 13.2. The Bertz CT molecular complexity index is 923. The van der Waals surface area contributed by atoms with Crippen LogP contribution in [0.4, 0.5) is 0 Å². The fourth-order valence-electron chi connectivity index (χ4n) is 2.70. The average molecular weight is 306 g/mol. The van der Waals surface area contributed by atoms with Crippen molar-refractivity contribution in [3.63, 3.8) is 0 Å². The van der Waals surface area contributed by atoms with E-state index in [0.717, 1.165) is 22.0 Å². The Morgan fingerprint density at radius 1 is 1.04 bits per heavy atom. The van der Waals surface area contributed by atoms with E-state index in [0.29, 0.717) is 6.54 Å². The molecule has 0 aliphatic heterocycles. The minimum Gasteiger partial charge on any atom is -0.337 e. The van der Waals surface area contributed by atoms with Gasteiger partial charge in [0.15, 0.2) is 0 Å². The van der Waals surface area contributed by atoms with Gasteiger partial charge in [0.05, 0.1) is 0 Å². The van der Waals surface area contributed by atoms with Crippen molar-refractivity contribution in [3.8, 4) is 0 Å². The predicted octanol–water partition coefficient (Wildman–Crippen LogP) is 3.11. The number of hydrogen-bond donors (Lipinski definition) is 1. The van der Waals surface area contributed by atoms with Gasteiger partial charge >= 0.3 is 0 Å². The molecule has 0 aliphatic carbocycles. The highest BCUT2D eigenvalue weighted by Crippen LogP contribution is 2.20. The molecule has 4 heteroatoms. The minimum atomic E-state index is -0.347. The van der Waals surface area contributed by atoms with Crippen molar-refractivity contribution >= 4 is 16.7 Å². The number of amides is 1. The number of aromatic amines is 1. The number of carbonyl (C=O) groups is 1. The summed E-state index contributed by atoms with van der Waals surface area (Å²) in [7, 11) is 1.71. The summed E-state index contributed by atoms with van der Waals surface area (Å²) in [5.74, 6) is -0.279. The Morgan fingerprint density at radius 2 is 1.78 bits per heavy atom. The first-order chi connectivity index (χ1) is 11.1. The molecule has 0 bridgehead atoms. The molecule has 4 nitrogen and oxygen atoms in total. The van der Waals surface area contributed by atoms with Gasteiger partial charge in [0.1, 0.15) is 5.56 Å². The molecule has 23 heavy (non-hydrogen) atoms. The second-order valence-corrected chi connectivity index (χ2v) is 5.68. The lowest BCUT2D eigenvalue weighted by Gasteiger charge is -2.18. The highest BCUT2D eigenvalue weighted by atomic mass is 16.2. The van der Waals surface area contributed by atoms with Crippen LogP contribution in [0.15, 0.2) is 59.4 Å². The van der Waals surface area contributed by atoms with Crippen molar-refractivity contribution in [1.29, 1.82) is 0 Å². The molecule has 0 saturated carbocycles. The van der Waals surface area contributed by atoms with Crippen LogP contribution in [0.3, 0.4) is 0 Å². The zero-order valence-corrected chi connectivity index (χ0v) is 13.2. The van der Waals surface area contributed by atoms with Crippen LogP contribution in [-0.2, 0) is 6.54 Å². The van der Waals surface area contributed by atoms with Crippen LogP contribution in [-0.4, -0.2) is 22.8 Å². The van der Waals surface area contributed by atoms with E-state index >= 15 is 0 Å². The van der Waals surface area contributed by atoms with Gasteiger partial charge in [0.2, 0.25) is 0 Å². The van der Waals surface area contributed by atoms with Crippen molar-refractivity contribution in [2.24, 2.45) is 0 Å². The van der Waals surface area contributed by atoms with E-state index in [9.17, 15) is 9.59 Å². The van der Waals surface area contributed by atoms with Gasteiger partial charge < -0.3 is 9.88 Å². The molecule has 1 amide bonds. The lowest BCUT2D eigenvalue weighted by Crippen LogP contribution is -2.31. The maximum atomic E-state index is 12.5. The SMILES string of the molecule is Cc1ccc(C(=O)N(C)Cc2cccc3ccccc23)c(=O)[nH]1. The Hall–Kier alpha value is -2.88. The molecule has 0 saturated heterocycles. The third-order valence-corrected chi connectivity index (χ3v) is 3.92. The molecule has 2 aromatic carbocycles. The first-order valence-electron chi connectivity index (χ1n) is 7.48. The molecule has 1 aromatic heterocycles. The lowest BCUT2D eigenvalue weighted by atomic mass is 10.0. The Kier molecular flexibility index (Phi) is 3.98. The third-order valence-electron chi connectivity index (χ3n) is 3.92. The molecule has 0 aliphatic rings. The minimum absolute atomic E-state index is 0.165. The number of benzene rings is 2. The van der Waals surface area contributed by atoms with Crippen molar-refractivity contribution in [2.75, 3.05) is 7.05 Å². The fourth-order valence-corrected chi connectivity index (χ4v) is 2.70. The summed E-state index contributed by atoms with van der Waals surface area (Å²) in [6.07, 6.45) is 0. The zero-order chi connectivity index (χ0) is 16.4. The van der Waals surface area contributed by atoms with E-state index in [-0.39, 0.29) is 17.0 Å². The van der Waals surface area contributed by atoms with Gasteiger partial charge in [-0.2, -0.15) is 0 Å². The molecule has 0 unspecified atom stereocenters. The van der Waals surface area contributed by atoms with Gasteiger partial charge in [0.25, 0.3) is 11.5 Å². The largest absolute Gasteiger partial charge is 0.337 e. The molecule has 3 aromatic rings. The number of pyridine rings is 1. The van der Waals surface area contributed by atoms with Gasteiger partial charge in [-0.1, -0.05) is 42.5 Å². The van der Waals surface area contributed by atoms with Crippen LogP contribution in [0.5, 0.6) is 0 Å². The van der Waals surface area contributed by atoms with E-state index in [1.54, 1.807) is 31.0 Å². The average Bonchev–Trinajstić information content (AvgIpc) is 2.54. The quantitative estimate of drug-likeness (QED) is 0.808. The monoisotopic (exact) mass is 306 g/mol. The van der Waals surface area contributed by atoms with Crippen LogP contribution in [0.1, 0.15) is 21.6 Å². The fraction of sp³-hybridized carbons (Fsp3) is 0.158. The summed E-state index contributed by atoms with van der Waals surface area (Å²) in [4.78, 5) is 28.7. The second-order valence-electron chi connectivity index (χ2n) is 5.68. The van der Waals surface area contributed by atoms with E-state index < -0.39 is 0 Å². The maximum absolute atomic E-state index is 12.5. The van der Waals surface area contributed by atoms with Gasteiger partial charge in [-0.05, 0) is 35.4 Å². The first-order valence-corrected chi connectivity index (χ1v) is 7.48. The number of aromatic nitrogens is 1. The summed E-state index contributed by atoms with van der Waals surface area (Å²) in [6, 6.07) is 17.4. The smallest absolute Gasteiger partial charge is 0.260 e. The number of aryl methyl sites for hydroxylation is 1. The molecule has 0 atom stereocenters. The number of nitrogens with one attached hydrogen (secondary N) is 1. The van der Waals surface area contributed by atoms with Gasteiger partial charge in [0, 0.05) is 19.3 Å². The summed E-state index contributed by atoms with van der Waals surface area (Å²) >= 11 is 0.